The third-order valence-corrected chi connectivity index (χ3v) is 6.79. The lowest BCUT2D eigenvalue weighted by molar-refractivity contribution is -0.384. The third-order valence-electron chi connectivity index (χ3n) is 6.79. The van der Waals surface area contributed by atoms with Crippen molar-refractivity contribution in [2.45, 2.75) is 12.8 Å². The number of carbonyl (C=O) groups excluding carboxylic acids is 3. The summed E-state index contributed by atoms with van der Waals surface area (Å²) in [4.78, 5) is 50.6. The Kier molecular flexibility index (Phi) is 4.96. The zero-order valence-electron chi connectivity index (χ0n) is 17.8. The molecule has 1 heterocycles. The Bertz CT molecular complexity index is 1170. The summed E-state index contributed by atoms with van der Waals surface area (Å²) in [6.45, 7) is 0. The number of allylic oxidation sites excluding steroid dienone is 2. The standard InChI is InChI=1S/C24H21N3O6/c1-33-19-11-10-17(27(31)32)12-18(19)25-22(28)15-6-8-16(9-7-15)26-23(29)20-13-2-3-14(5-4-13)21(20)24(26)30/h2-3,6-14,20-21H,4-5H2,1H3,(H,25,28). The van der Waals surface area contributed by atoms with Gasteiger partial charge in [0.05, 0.1) is 35.2 Å². The Hall–Kier alpha value is -4.01. The van der Waals surface area contributed by atoms with Crippen LogP contribution in [0.3, 0.4) is 0 Å². The fraction of sp³-hybridized carbons (Fsp3) is 0.292. The fourth-order valence-electron chi connectivity index (χ4n) is 5.19. The molecule has 168 valence electrons. The van der Waals surface area contributed by atoms with Crippen LogP contribution in [0.25, 0.3) is 0 Å². The summed E-state index contributed by atoms with van der Waals surface area (Å²) >= 11 is 0. The van der Waals surface area contributed by atoms with Crippen molar-refractivity contribution in [1.29, 1.82) is 0 Å². The molecule has 1 saturated heterocycles. The van der Waals surface area contributed by atoms with Crippen LogP contribution in [0.4, 0.5) is 17.1 Å². The lowest BCUT2D eigenvalue weighted by Crippen LogP contribution is -2.38. The first-order valence-electron chi connectivity index (χ1n) is 10.7. The SMILES string of the molecule is COc1ccc([N+](=O)[O-])cc1NC(=O)c1ccc(N2C(=O)C3C4C=CC(CC4)C3C2=O)cc1. The van der Waals surface area contributed by atoms with Crippen molar-refractivity contribution in [2.75, 3.05) is 17.3 Å². The van der Waals surface area contributed by atoms with E-state index in [0.717, 1.165) is 12.8 Å². The zero-order chi connectivity index (χ0) is 23.3. The second-order valence-corrected chi connectivity index (χ2v) is 8.50. The fourth-order valence-corrected chi connectivity index (χ4v) is 5.19. The van der Waals surface area contributed by atoms with Gasteiger partial charge in [0.25, 0.3) is 11.6 Å². The molecule has 0 spiro atoms. The zero-order valence-corrected chi connectivity index (χ0v) is 17.8. The first kappa shape index (κ1) is 20.9. The van der Waals surface area contributed by atoms with Gasteiger partial charge < -0.3 is 10.1 Å². The number of benzene rings is 2. The smallest absolute Gasteiger partial charge is 0.271 e. The lowest BCUT2D eigenvalue weighted by atomic mass is 9.63. The van der Waals surface area contributed by atoms with Crippen molar-refractivity contribution in [2.24, 2.45) is 23.7 Å². The van der Waals surface area contributed by atoms with Crippen LogP contribution in [0.2, 0.25) is 0 Å². The van der Waals surface area contributed by atoms with Crippen LogP contribution in [0.1, 0.15) is 23.2 Å². The number of rotatable bonds is 5. The number of nitro groups is 1. The number of imide groups is 1. The Labute approximate surface area is 189 Å². The van der Waals surface area contributed by atoms with Crippen LogP contribution < -0.4 is 15.0 Å². The number of anilines is 2. The first-order valence-corrected chi connectivity index (χ1v) is 10.7. The second-order valence-electron chi connectivity index (χ2n) is 8.50. The van der Waals surface area contributed by atoms with Gasteiger partial charge >= 0.3 is 0 Å². The van der Waals surface area contributed by atoms with Crippen LogP contribution in [0, 0.1) is 33.8 Å². The number of carbonyl (C=O) groups is 3. The molecule has 0 aromatic heterocycles. The molecular formula is C24H21N3O6. The van der Waals surface area contributed by atoms with Gasteiger partial charge in [-0.1, -0.05) is 12.2 Å². The van der Waals surface area contributed by atoms with E-state index in [1.54, 1.807) is 12.1 Å². The van der Waals surface area contributed by atoms with E-state index in [4.69, 9.17) is 4.74 Å². The molecule has 1 N–H and O–H groups in total. The summed E-state index contributed by atoms with van der Waals surface area (Å²) in [5.41, 5.74) is 0.684. The molecule has 33 heavy (non-hydrogen) atoms. The molecule has 3 aliphatic carbocycles. The molecule has 0 radical (unpaired) electrons. The highest BCUT2D eigenvalue weighted by atomic mass is 16.6. The van der Waals surface area contributed by atoms with Crippen LogP contribution in [-0.4, -0.2) is 29.8 Å². The predicted molar refractivity (Wildman–Crippen MR) is 119 cm³/mol. The average Bonchev–Trinajstić information content (AvgIpc) is 3.12. The maximum Gasteiger partial charge on any atom is 0.271 e. The normalized spacial score (nSPS) is 25.2. The molecule has 4 aliphatic rings. The van der Waals surface area contributed by atoms with Gasteiger partial charge in [-0.05, 0) is 55.0 Å². The van der Waals surface area contributed by atoms with Crippen LogP contribution in [0.15, 0.2) is 54.6 Å². The number of non-ortho nitro benzene ring substituents is 1. The molecule has 9 heteroatoms. The number of amides is 3. The molecule has 2 fully saturated rings. The largest absolute Gasteiger partial charge is 0.495 e. The summed E-state index contributed by atoms with van der Waals surface area (Å²) in [5.74, 6) is -0.964. The minimum atomic E-state index is -0.562. The van der Waals surface area contributed by atoms with Crippen LogP contribution in [0.5, 0.6) is 5.75 Å². The van der Waals surface area contributed by atoms with Crippen molar-refractivity contribution in [3.05, 3.63) is 70.3 Å². The maximum atomic E-state index is 13.1. The van der Waals surface area contributed by atoms with Gasteiger partial charge in [0.1, 0.15) is 5.75 Å². The molecule has 2 aromatic carbocycles. The quantitative estimate of drug-likeness (QED) is 0.324. The second kappa shape index (κ2) is 7.84. The lowest BCUT2D eigenvalue weighted by Gasteiger charge is -2.38. The van der Waals surface area contributed by atoms with Crippen molar-refractivity contribution in [3.8, 4) is 5.75 Å². The minimum Gasteiger partial charge on any atom is -0.495 e. The van der Waals surface area contributed by atoms with Crippen LogP contribution in [-0.2, 0) is 9.59 Å². The monoisotopic (exact) mass is 447 g/mol. The molecule has 4 atom stereocenters. The van der Waals surface area contributed by atoms with Gasteiger partial charge in [-0.3, -0.25) is 29.4 Å². The number of fused-ring (bicyclic) bond motifs is 1. The minimum absolute atomic E-state index is 0.108. The van der Waals surface area contributed by atoms with Crippen molar-refractivity contribution in [1.82, 2.24) is 0 Å². The van der Waals surface area contributed by atoms with E-state index in [-0.39, 0.29) is 58.2 Å². The molecule has 1 aliphatic heterocycles. The van der Waals surface area contributed by atoms with Gasteiger partial charge in [0.15, 0.2) is 0 Å². The van der Waals surface area contributed by atoms with Gasteiger partial charge in [-0.2, -0.15) is 0 Å². The highest BCUT2D eigenvalue weighted by Gasteiger charge is 2.56. The first-order chi connectivity index (χ1) is 15.9. The van der Waals surface area contributed by atoms with Crippen molar-refractivity contribution < 1.29 is 24.0 Å². The molecule has 2 aromatic rings. The van der Waals surface area contributed by atoms with Gasteiger partial charge in [0.2, 0.25) is 11.8 Å². The summed E-state index contributed by atoms with van der Waals surface area (Å²) < 4.78 is 5.17. The van der Waals surface area contributed by atoms with Gasteiger partial charge in [-0.15, -0.1) is 0 Å². The van der Waals surface area contributed by atoms with Crippen molar-refractivity contribution >= 4 is 34.8 Å². The van der Waals surface area contributed by atoms with E-state index < -0.39 is 10.8 Å². The summed E-state index contributed by atoms with van der Waals surface area (Å²) in [5, 5.41) is 13.7. The summed E-state index contributed by atoms with van der Waals surface area (Å²) in [7, 11) is 1.40. The molecule has 6 rings (SSSR count). The van der Waals surface area contributed by atoms with E-state index in [9.17, 15) is 24.5 Å². The molecular weight excluding hydrogens is 426 g/mol. The number of ether oxygens (including phenoxy) is 1. The molecule has 1 saturated carbocycles. The number of nitrogens with zero attached hydrogens (tertiary/aromatic N) is 2. The van der Waals surface area contributed by atoms with E-state index in [0.29, 0.717) is 5.69 Å². The topological polar surface area (TPSA) is 119 Å². The summed E-state index contributed by atoms with van der Waals surface area (Å²) in [6.07, 6.45) is 5.99. The maximum absolute atomic E-state index is 13.1. The van der Waals surface area contributed by atoms with E-state index in [1.807, 2.05) is 0 Å². The Morgan fingerprint density at radius 3 is 2.15 bits per heavy atom. The summed E-state index contributed by atoms with van der Waals surface area (Å²) in [6, 6.07) is 10.1. The third kappa shape index (κ3) is 3.36. The van der Waals surface area contributed by atoms with Crippen molar-refractivity contribution in [3.63, 3.8) is 0 Å². The van der Waals surface area contributed by atoms with E-state index in [1.165, 1.54) is 42.3 Å². The molecule has 4 unspecified atom stereocenters. The molecule has 2 bridgehead atoms. The van der Waals surface area contributed by atoms with Gasteiger partial charge in [-0.25, -0.2) is 0 Å². The van der Waals surface area contributed by atoms with E-state index in [2.05, 4.69) is 17.5 Å². The number of hydrogen-bond acceptors (Lipinski definition) is 6. The highest BCUT2D eigenvalue weighted by molar-refractivity contribution is 6.22. The highest BCUT2D eigenvalue weighted by Crippen LogP contribution is 2.50. The van der Waals surface area contributed by atoms with E-state index >= 15 is 0 Å². The number of nitrogens with one attached hydrogen (secondary N) is 1. The Morgan fingerprint density at radius 1 is 1.03 bits per heavy atom. The Morgan fingerprint density at radius 2 is 1.64 bits per heavy atom. The molecule has 3 amide bonds. The number of nitro benzene ring substituents is 1. The average molecular weight is 447 g/mol. The number of hydrogen-bond donors (Lipinski definition) is 1. The molecule has 9 nitrogen and oxygen atoms in total. The predicted octanol–water partition coefficient (Wildman–Crippen LogP) is 3.56. The number of methoxy groups -OCH3 is 1. The van der Waals surface area contributed by atoms with Crippen LogP contribution >= 0.6 is 0 Å². The van der Waals surface area contributed by atoms with Gasteiger partial charge in [0, 0.05) is 17.7 Å². The Balaban J connectivity index is 1.36.